The largest absolute Gasteiger partial charge is 0.493 e. The molecule has 0 aliphatic carbocycles. The van der Waals surface area contributed by atoms with Gasteiger partial charge in [0.05, 0.1) is 27.4 Å². The maximum atomic E-state index is 6.42. The molecule has 1 saturated heterocycles. The van der Waals surface area contributed by atoms with Crippen LogP contribution < -0.4 is 19.9 Å². The van der Waals surface area contributed by atoms with Crippen LogP contribution in [0.4, 0.5) is 0 Å². The zero-order chi connectivity index (χ0) is 15.4. The lowest BCUT2D eigenvalue weighted by Gasteiger charge is -2.32. The van der Waals surface area contributed by atoms with Crippen LogP contribution in [0.15, 0.2) is 12.1 Å². The van der Waals surface area contributed by atoms with E-state index in [9.17, 15) is 0 Å². The monoisotopic (exact) mass is 294 g/mol. The van der Waals surface area contributed by atoms with Gasteiger partial charge in [0.15, 0.2) is 11.5 Å². The molecule has 0 radical (unpaired) electrons. The van der Waals surface area contributed by atoms with Crippen molar-refractivity contribution in [3.05, 3.63) is 17.7 Å². The standard InChI is InChI=1S/C16H26N2O3/c1-18-10-6-5-7-12(17)14(18)11-8-9-13(19-2)16(21-4)15(11)20-3/h8-9,12,14H,5-7,10,17H2,1-4H3. The van der Waals surface area contributed by atoms with Gasteiger partial charge in [-0.05, 0) is 38.6 Å². The summed E-state index contributed by atoms with van der Waals surface area (Å²) in [5.74, 6) is 2.01. The number of nitrogens with zero attached hydrogens (tertiary/aromatic N) is 1. The van der Waals surface area contributed by atoms with Crippen molar-refractivity contribution in [1.29, 1.82) is 0 Å². The maximum absolute atomic E-state index is 6.42. The summed E-state index contributed by atoms with van der Waals surface area (Å²) >= 11 is 0. The second kappa shape index (κ2) is 7.00. The molecule has 0 saturated carbocycles. The molecule has 2 rings (SSSR count). The number of nitrogens with two attached hydrogens (primary N) is 1. The van der Waals surface area contributed by atoms with Crippen molar-refractivity contribution < 1.29 is 14.2 Å². The van der Waals surface area contributed by atoms with Gasteiger partial charge in [0, 0.05) is 11.6 Å². The molecule has 1 aromatic carbocycles. The Morgan fingerprint density at radius 2 is 1.76 bits per heavy atom. The first-order chi connectivity index (χ1) is 10.1. The van der Waals surface area contributed by atoms with Crippen LogP contribution in [0, 0.1) is 0 Å². The third kappa shape index (κ3) is 3.09. The van der Waals surface area contributed by atoms with Crippen LogP contribution in [0.2, 0.25) is 0 Å². The summed E-state index contributed by atoms with van der Waals surface area (Å²) < 4.78 is 16.4. The van der Waals surface area contributed by atoms with E-state index in [1.54, 1.807) is 21.3 Å². The van der Waals surface area contributed by atoms with E-state index in [-0.39, 0.29) is 12.1 Å². The first kappa shape index (κ1) is 15.9. The molecule has 5 heteroatoms. The van der Waals surface area contributed by atoms with E-state index in [0.717, 1.165) is 24.9 Å². The first-order valence-corrected chi connectivity index (χ1v) is 7.38. The Bertz CT molecular complexity index is 467. The molecule has 0 bridgehead atoms. The average molecular weight is 294 g/mol. The van der Waals surface area contributed by atoms with Crippen LogP contribution in [-0.4, -0.2) is 45.9 Å². The van der Waals surface area contributed by atoms with Crippen molar-refractivity contribution in [2.45, 2.75) is 31.3 Å². The number of methoxy groups -OCH3 is 3. The van der Waals surface area contributed by atoms with E-state index in [2.05, 4.69) is 11.9 Å². The van der Waals surface area contributed by atoms with Gasteiger partial charge in [-0.15, -0.1) is 0 Å². The predicted octanol–water partition coefficient (Wildman–Crippen LogP) is 2.20. The van der Waals surface area contributed by atoms with Gasteiger partial charge in [0.1, 0.15) is 0 Å². The van der Waals surface area contributed by atoms with Crippen LogP contribution in [0.25, 0.3) is 0 Å². The van der Waals surface area contributed by atoms with Gasteiger partial charge in [-0.2, -0.15) is 0 Å². The van der Waals surface area contributed by atoms with E-state index < -0.39 is 0 Å². The average Bonchev–Trinajstić information content (AvgIpc) is 2.66. The van der Waals surface area contributed by atoms with Gasteiger partial charge in [-0.1, -0.05) is 6.42 Å². The third-order valence-corrected chi connectivity index (χ3v) is 4.23. The minimum absolute atomic E-state index is 0.0875. The van der Waals surface area contributed by atoms with Crippen LogP contribution in [-0.2, 0) is 0 Å². The minimum Gasteiger partial charge on any atom is -0.493 e. The van der Waals surface area contributed by atoms with Crippen LogP contribution in [0.5, 0.6) is 17.2 Å². The van der Waals surface area contributed by atoms with E-state index in [4.69, 9.17) is 19.9 Å². The fraction of sp³-hybridized carbons (Fsp3) is 0.625. The molecule has 1 aromatic rings. The van der Waals surface area contributed by atoms with Gasteiger partial charge < -0.3 is 19.9 Å². The number of likely N-dealkylation sites (tertiary alicyclic amines) is 1. The van der Waals surface area contributed by atoms with Crippen LogP contribution >= 0.6 is 0 Å². The summed E-state index contributed by atoms with van der Waals surface area (Å²) in [6.45, 7) is 1.04. The SMILES string of the molecule is COc1ccc(C2C(N)CCCCN2C)c(OC)c1OC. The maximum Gasteiger partial charge on any atom is 0.203 e. The molecular formula is C16H26N2O3. The Balaban J connectivity index is 2.50. The number of ether oxygens (including phenoxy) is 3. The van der Waals surface area contributed by atoms with E-state index in [1.165, 1.54) is 6.42 Å². The molecule has 1 aliphatic heterocycles. The first-order valence-electron chi connectivity index (χ1n) is 7.38. The van der Waals surface area contributed by atoms with Crippen molar-refractivity contribution in [1.82, 2.24) is 4.90 Å². The molecule has 1 fully saturated rings. The van der Waals surface area contributed by atoms with Crippen molar-refractivity contribution in [3.8, 4) is 17.2 Å². The second-order valence-corrected chi connectivity index (χ2v) is 5.51. The highest BCUT2D eigenvalue weighted by atomic mass is 16.5. The molecular weight excluding hydrogens is 268 g/mol. The lowest BCUT2D eigenvalue weighted by atomic mass is 9.95. The van der Waals surface area contributed by atoms with E-state index in [1.807, 2.05) is 12.1 Å². The van der Waals surface area contributed by atoms with Crippen molar-refractivity contribution >= 4 is 0 Å². The molecule has 0 spiro atoms. The summed E-state index contributed by atoms with van der Waals surface area (Å²) in [6, 6.07) is 4.17. The van der Waals surface area contributed by atoms with Gasteiger partial charge in [-0.3, -0.25) is 4.90 Å². The highest BCUT2D eigenvalue weighted by Crippen LogP contribution is 2.44. The van der Waals surface area contributed by atoms with Gasteiger partial charge in [0.2, 0.25) is 5.75 Å². The number of rotatable bonds is 4. The molecule has 2 atom stereocenters. The lowest BCUT2D eigenvalue weighted by molar-refractivity contribution is 0.222. The zero-order valence-corrected chi connectivity index (χ0v) is 13.4. The Morgan fingerprint density at radius 3 is 2.38 bits per heavy atom. The molecule has 21 heavy (non-hydrogen) atoms. The normalized spacial score (nSPS) is 23.5. The quantitative estimate of drug-likeness (QED) is 0.922. The van der Waals surface area contributed by atoms with Crippen molar-refractivity contribution in [3.63, 3.8) is 0 Å². The summed E-state index contributed by atoms with van der Waals surface area (Å²) in [4.78, 5) is 2.31. The number of hydrogen-bond donors (Lipinski definition) is 1. The second-order valence-electron chi connectivity index (χ2n) is 5.51. The highest BCUT2D eigenvalue weighted by molar-refractivity contribution is 5.57. The Morgan fingerprint density at radius 1 is 1.05 bits per heavy atom. The molecule has 0 amide bonds. The van der Waals surface area contributed by atoms with Gasteiger partial charge >= 0.3 is 0 Å². The summed E-state index contributed by atoms with van der Waals surface area (Å²) in [6.07, 6.45) is 3.36. The summed E-state index contributed by atoms with van der Waals surface area (Å²) in [5, 5.41) is 0. The Hall–Kier alpha value is -1.46. The summed E-state index contributed by atoms with van der Waals surface area (Å²) in [5.41, 5.74) is 7.48. The van der Waals surface area contributed by atoms with Crippen LogP contribution in [0.3, 0.4) is 0 Å². The molecule has 2 N–H and O–H groups in total. The van der Waals surface area contributed by atoms with Crippen molar-refractivity contribution in [2.24, 2.45) is 5.73 Å². The molecule has 1 aliphatic rings. The fourth-order valence-corrected chi connectivity index (χ4v) is 3.19. The van der Waals surface area contributed by atoms with Crippen LogP contribution in [0.1, 0.15) is 30.9 Å². The topological polar surface area (TPSA) is 57.0 Å². The molecule has 5 nitrogen and oxygen atoms in total. The molecule has 2 unspecified atom stereocenters. The third-order valence-electron chi connectivity index (χ3n) is 4.23. The van der Waals surface area contributed by atoms with Gasteiger partial charge in [-0.25, -0.2) is 0 Å². The Labute approximate surface area is 127 Å². The molecule has 0 aromatic heterocycles. The Kier molecular flexibility index (Phi) is 5.31. The van der Waals surface area contributed by atoms with Crippen molar-refractivity contribution in [2.75, 3.05) is 34.9 Å². The highest BCUT2D eigenvalue weighted by Gasteiger charge is 2.31. The summed E-state index contributed by atoms with van der Waals surface area (Å²) in [7, 11) is 7.02. The zero-order valence-electron chi connectivity index (χ0n) is 13.4. The van der Waals surface area contributed by atoms with E-state index >= 15 is 0 Å². The number of benzene rings is 1. The fourth-order valence-electron chi connectivity index (χ4n) is 3.19. The predicted molar refractivity (Wildman–Crippen MR) is 83.3 cm³/mol. The van der Waals surface area contributed by atoms with E-state index in [0.29, 0.717) is 17.2 Å². The smallest absolute Gasteiger partial charge is 0.203 e. The number of likely N-dealkylation sites (N-methyl/N-ethyl adjacent to an activating group) is 1. The minimum atomic E-state index is 0.0875. The molecule has 118 valence electrons. The lowest BCUT2D eigenvalue weighted by Crippen LogP contribution is -2.37. The number of hydrogen-bond acceptors (Lipinski definition) is 5. The van der Waals surface area contributed by atoms with Gasteiger partial charge in [0.25, 0.3) is 0 Å². The molecule has 1 heterocycles.